The first kappa shape index (κ1) is 13.8. The summed E-state index contributed by atoms with van der Waals surface area (Å²) in [7, 11) is 0. The number of rotatable bonds is 6. The van der Waals surface area contributed by atoms with Gasteiger partial charge in [-0.05, 0) is 19.8 Å². The van der Waals surface area contributed by atoms with Crippen LogP contribution in [0.5, 0.6) is 5.75 Å². The number of pyridine rings is 1. The number of aliphatic hydroxyl groups is 1. The number of amides is 1. The molecule has 1 aromatic rings. The molecule has 0 bridgehead atoms. The highest BCUT2D eigenvalue weighted by molar-refractivity contribution is 5.78. The predicted molar refractivity (Wildman–Crippen MR) is 69.4 cm³/mol. The van der Waals surface area contributed by atoms with Crippen LogP contribution in [0.2, 0.25) is 0 Å². The zero-order valence-corrected chi connectivity index (χ0v) is 10.9. The van der Waals surface area contributed by atoms with E-state index in [0.717, 1.165) is 12.8 Å². The molecule has 0 aliphatic heterocycles. The maximum Gasteiger partial charge on any atom is 0.234 e. The molecule has 0 spiro atoms. The fourth-order valence-corrected chi connectivity index (χ4v) is 1.83. The van der Waals surface area contributed by atoms with E-state index in [-0.39, 0.29) is 24.8 Å². The molecule has 1 heterocycles. The van der Waals surface area contributed by atoms with Crippen LogP contribution in [0.3, 0.4) is 0 Å². The van der Waals surface area contributed by atoms with Gasteiger partial charge in [0.25, 0.3) is 0 Å². The maximum absolute atomic E-state index is 11.5. The Kier molecular flexibility index (Phi) is 4.34. The molecule has 0 saturated heterocycles. The Morgan fingerprint density at radius 2 is 2.26 bits per heavy atom. The topological polar surface area (TPSA) is 94.5 Å². The maximum atomic E-state index is 11.5. The second-order valence-electron chi connectivity index (χ2n) is 4.80. The molecule has 0 unspecified atom stereocenters. The summed E-state index contributed by atoms with van der Waals surface area (Å²) >= 11 is 0. The first-order valence-electron chi connectivity index (χ1n) is 6.39. The van der Waals surface area contributed by atoms with Gasteiger partial charge in [-0.25, -0.2) is 0 Å². The lowest BCUT2D eigenvalue weighted by molar-refractivity contribution is -0.120. The third-order valence-corrected chi connectivity index (χ3v) is 3.13. The van der Waals surface area contributed by atoms with Crippen molar-refractivity contribution in [3.8, 4) is 5.75 Å². The standard InChI is InChI=1S/C13H19N3O3/c1-8-13(19)11(9(7-17)4-15-8)5-14-6-12(18)16-10-2-3-10/h4,10,14,17,19H,2-3,5-7H2,1H3,(H,16,18). The third kappa shape index (κ3) is 3.65. The number of hydrogen-bond donors (Lipinski definition) is 4. The molecule has 0 radical (unpaired) electrons. The van der Waals surface area contributed by atoms with Gasteiger partial charge in [-0.15, -0.1) is 0 Å². The summed E-state index contributed by atoms with van der Waals surface area (Å²) in [6.07, 6.45) is 3.66. The molecule has 1 aliphatic rings. The quantitative estimate of drug-likeness (QED) is 0.579. The van der Waals surface area contributed by atoms with Gasteiger partial charge >= 0.3 is 0 Å². The van der Waals surface area contributed by atoms with Gasteiger partial charge in [0.1, 0.15) is 5.75 Å². The van der Waals surface area contributed by atoms with E-state index in [9.17, 15) is 15.0 Å². The van der Waals surface area contributed by atoms with Crippen molar-refractivity contribution in [2.75, 3.05) is 6.54 Å². The van der Waals surface area contributed by atoms with Crippen molar-refractivity contribution in [3.05, 3.63) is 23.0 Å². The van der Waals surface area contributed by atoms with Gasteiger partial charge in [0.05, 0.1) is 18.8 Å². The summed E-state index contributed by atoms with van der Waals surface area (Å²) in [5.74, 6) is 0.0277. The van der Waals surface area contributed by atoms with Crippen LogP contribution < -0.4 is 10.6 Å². The highest BCUT2D eigenvalue weighted by Crippen LogP contribution is 2.23. The zero-order chi connectivity index (χ0) is 13.8. The molecule has 1 aliphatic carbocycles. The Hall–Kier alpha value is -1.66. The molecule has 19 heavy (non-hydrogen) atoms. The molecule has 6 nitrogen and oxygen atoms in total. The second-order valence-corrected chi connectivity index (χ2v) is 4.80. The Morgan fingerprint density at radius 1 is 1.53 bits per heavy atom. The monoisotopic (exact) mass is 265 g/mol. The first-order valence-corrected chi connectivity index (χ1v) is 6.39. The SMILES string of the molecule is Cc1ncc(CO)c(CNCC(=O)NC2CC2)c1O. The fraction of sp³-hybridized carbons (Fsp3) is 0.538. The minimum absolute atomic E-state index is 0.0432. The number of aryl methyl sites for hydroxylation is 1. The van der Waals surface area contributed by atoms with Crippen molar-refractivity contribution in [3.63, 3.8) is 0 Å². The summed E-state index contributed by atoms with van der Waals surface area (Å²) in [4.78, 5) is 15.5. The number of carbonyl (C=O) groups excluding carboxylic acids is 1. The van der Waals surface area contributed by atoms with E-state index in [4.69, 9.17) is 0 Å². The van der Waals surface area contributed by atoms with Gasteiger partial charge in [0.15, 0.2) is 0 Å². The van der Waals surface area contributed by atoms with Crippen LogP contribution in [-0.4, -0.2) is 33.7 Å². The molecule has 6 heteroatoms. The average molecular weight is 265 g/mol. The van der Waals surface area contributed by atoms with Crippen LogP contribution in [0.15, 0.2) is 6.20 Å². The molecule has 0 atom stereocenters. The van der Waals surface area contributed by atoms with Gasteiger partial charge in [-0.1, -0.05) is 0 Å². The molecule has 4 N–H and O–H groups in total. The lowest BCUT2D eigenvalue weighted by Gasteiger charge is -2.12. The molecule has 1 saturated carbocycles. The van der Waals surface area contributed by atoms with Crippen LogP contribution in [0.1, 0.15) is 29.7 Å². The highest BCUT2D eigenvalue weighted by Gasteiger charge is 2.22. The van der Waals surface area contributed by atoms with Crippen LogP contribution in [-0.2, 0) is 17.9 Å². The summed E-state index contributed by atoms with van der Waals surface area (Å²) in [5, 5.41) is 25.0. The molecular weight excluding hydrogens is 246 g/mol. The largest absolute Gasteiger partial charge is 0.506 e. The van der Waals surface area contributed by atoms with Crippen molar-refractivity contribution in [1.29, 1.82) is 0 Å². The third-order valence-electron chi connectivity index (χ3n) is 3.13. The second kappa shape index (κ2) is 5.99. The van der Waals surface area contributed by atoms with Gasteiger partial charge in [0.2, 0.25) is 5.91 Å². The van der Waals surface area contributed by atoms with E-state index in [0.29, 0.717) is 29.4 Å². The molecule has 1 aromatic heterocycles. The summed E-state index contributed by atoms with van der Waals surface area (Å²) in [5.41, 5.74) is 1.67. The number of aromatic nitrogens is 1. The van der Waals surface area contributed by atoms with E-state index < -0.39 is 0 Å². The van der Waals surface area contributed by atoms with Gasteiger partial charge in [-0.2, -0.15) is 0 Å². The van der Waals surface area contributed by atoms with E-state index >= 15 is 0 Å². The smallest absolute Gasteiger partial charge is 0.234 e. The van der Waals surface area contributed by atoms with Crippen LogP contribution in [0.25, 0.3) is 0 Å². The van der Waals surface area contributed by atoms with Crippen LogP contribution >= 0.6 is 0 Å². The Bertz CT molecular complexity index is 472. The Morgan fingerprint density at radius 3 is 2.89 bits per heavy atom. The van der Waals surface area contributed by atoms with E-state index in [2.05, 4.69) is 15.6 Å². The van der Waals surface area contributed by atoms with Crippen molar-refractivity contribution >= 4 is 5.91 Å². The number of carbonyl (C=O) groups is 1. The van der Waals surface area contributed by atoms with Gasteiger partial charge < -0.3 is 20.8 Å². The number of nitrogens with one attached hydrogen (secondary N) is 2. The minimum Gasteiger partial charge on any atom is -0.506 e. The molecule has 1 fully saturated rings. The summed E-state index contributed by atoms with van der Waals surface area (Å²) in [6, 6.07) is 0.346. The molecule has 0 aromatic carbocycles. The van der Waals surface area contributed by atoms with Crippen molar-refractivity contribution in [2.24, 2.45) is 0 Å². The van der Waals surface area contributed by atoms with Crippen molar-refractivity contribution < 1.29 is 15.0 Å². The van der Waals surface area contributed by atoms with E-state index in [1.807, 2.05) is 0 Å². The number of nitrogens with zero attached hydrogens (tertiary/aromatic N) is 1. The van der Waals surface area contributed by atoms with Crippen molar-refractivity contribution in [2.45, 2.75) is 39.0 Å². The number of hydrogen-bond acceptors (Lipinski definition) is 5. The van der Waals surface area contributed by atoms with E-state index in [1.165, 1.54) is 6.20 Å². The van der Waals surface area contributed by atoms with Gasteiger partial charge in [0, 0.05) is 29.9 Å². The lowest BCUT2D eigenvalue weighted by atomic mass is 10.1. The molecule has 1 amide bonds. The average Bonchev–Trinajstić information content (AvgIpc) is 3.18. The predicted octanol–water partition coefficient (Wildman–Crippen LogP) is -0.0439. The highest BCUT2D eigenvalue weighted by atomic mass is 16.3. The number of aliphatic hydroxyl groups excluding tert-OH is 1. The van der Waals surface area contributed by atoms with Gasteiger partial charge in [-0.3, -0.25) is 9.78 Å². The molecule has 2 rings (SSSR count). The van der Waals surface area contributed by atoms with Crippen LogP contribution in [0.4, 0.5) is 0 Å². The first-order chi connectivity index (χ1) is 9.11. The Labute approximate surface area is 111 Å². The Balaban J connectivity index is 1.90. The normalized spacial score (nSPS) is 14.4. The summed E-state index contributed by atoms with van der Waals surface area (Å²) < 4.78 is 0. The summed E-state index contributed by atoms with van der Waals surface area (Å²) in [6.45, 7) is 2.03. The van der Waals surface area contributed by atoms with Crippen molar-refractivity contribution in [1.82, 2.24) is 15.6 Å². The zero-order valence-electron chi connectivity index (χ0n) is 10.9. The molecule has 104 valence electrons. The minimum atomic E-state index is -0.188. The van der Waals surface area contributed by atoms with E-state index in [1.54, 1.807) is 6.92 Å². The lowest BCUT2D eigenvalue weighted by Crippen LogP contribution is -2.35. The fourth-order valence-electron chi connectivity index (χ4n) is 1.83. The van der Waals surface area contributed by atoms with Crippen LogP contribution in [0, 0.1) is 6.92 Å². The molecular formula is C13H19N3O3. The number of aromatic hydroxyl groups is 1.